The molecule has 0 bridgehead atoms. The number of nitrogens with zero attached hydrogens (tertiary/aromatic N) is 1. The van der Waals surface area contributed by atoms with E-state index in [1.165, 1.54) is 7.05 Å². The molecule has 0 aliphatic rings. The van der Waals surface area contributed by atoms with Crippen LogP contribution in [0.1, 0.15) is 16.2 Å². The first-order valence-corrected chi connectivity index (χ1v) is 3.17. The predicted molar refractivity (Wildman–Crippen MR) is 35.7 cm³/mol. The smallest absolute Gasteiger partial charge is 0.334 e. The van der Waals surface area contributed by atoms with Crippen molar-refractivity contribution in [3.8, 4) is 0 Å². The van der Waals surface area contributed by atoms with Gasteiger partial charge in [0.25, 0.3) is 0 Å². The van der Waals surface area contributed by atoms with Gasteiger partial charge in [0, 0.05) is 7.05 Å². The summed E-state index contributed by atoms with van der Waals surface area (Å²) in [6, 6.07) is 0. The highest BCUT2D eigenvalue weighted by atomic mass is 16.7. The zero-order valence-electron chi connectivity index (χ0n) is 6.33. The molecule has 0 fully saturated rings. The van der Waals surface area contributed by atoms with Crippen molar-refractivity contribution in [3.05, 3.63) is 16.3 Å². The summed E-state index contributed by atoms with van der Waals surface area (Å²) in [5.74, 6) is -0.612. The van der Waals surface area contributed by atoms with Gasteiger partial charge in [0.2, 0.25) is 5.69 Å². The van der Waals surface area contributed by atoms with Gasteiger partial charge in [-0.05, 0) is 4.91 Å². The molecule has 3 N–H and O–H groups in total. The summed E-state index contributed by atoms with van der Waals surface area (Å²) in [4.78, 5) is 21.7. The Kier molecular flexibility index (Phi) is 2.24. The molecule has 1 heterocycles. The van der Waals surface area contributed by atoms with Crippen LogP contribution in [0.4, 0.5) is 0 Å². The van der Waals surface area contributed by atoms with Crippen LogP contribution >= 0.6 is 0 Å². The van der Waals surface area contributed by atoms with Crippen molar-refractivity contribution in [1.29, 1.82) is 0 Å². The Bertz CT molecular complexity index is 339. The number of aromatic nitrogens is 2. The summed E-state index contributed by atoms with van der Waals surface area (Å²) < 4.78 is 4.23. The number of H-pyrrole nitrogens is 1. The normalized spacial score (nSPS) is 9.83. The van der Waals surface area contributed by atoms with E-state index < -0.39 is 12.5 Å². The number of carbonyl (C=O) groups is 1. The minimum Gasteiger partial charge on any atom is -0.388 e. The number of nitrogens with one attached hydrogen (secondary N) is 2. The minimum atomic E-state index is -0.612. The number of aliphatic hydroxyl groups excluding tert-OH is 1. The molecule has 1 amide bonds. The molecule has 12 heavy (non-hydrogen) atoms. The minimum absolute atomic E-state index is 0.00435. The van der Waals surface area contributed by atoms with Gasteiger partial charge in [-0.1, -0.05) is 9.79 Å². The topological polar surface area (TPSA) is 101 Å². The van der Waals surface area contributed by atoms with Gasteiger partial charge in [0.05, 0.1) is 0 Å². The van der Waals surface area contributed by atoms with Crippen LogP contribution < -0.4 is 9.92 Å². The summed E-state index contributed by atoms with van der Waals surface area (Å²) in [6.45, 7) is -0.457. The zero-order chi connectivity index (χ0) is 9.14. The SMILES string of the molecule is CNC(=O)c1c(CO)[nH]o[n+]1=O. The van der Waals surface area contributed by atoms with Crippen LogP contribution in [0.25, 0.3) is 0 Å². The maximum Gasteiger partial charge on any atom is 0.334 e. The molecule has 0 radical (unpaired) electrons. The Balaban J connectivity index is 3.19. The fourth-order valence-electron chi connectivity index (χ4n) is 0.746. The number of aliphatic hydroxyl groups is 1. The van der Waals surface area contributed by atoms with Crippen molar-refractivity contribution < 1.29 is 19.1 Å². The van der Waals surface area contributed by atoms with Crippen LogP contribution in [0.15, 0.2) is 4.63 Å². The van der Waals surface area contributed by atoms with Gasteiger partial charge in [0.15, 0.2) is 4.60 Å². The van der Waals surface area contributed by atoms with Crippen molar-refractivity contribution in [2.75, 3.05) is 7.05 Å². The summed E-state index contributed by atoms with van der Waals surface area (Å²) in [7, 11) is 1.37. The second-order valence-electron chi connectivity index (χ2n) is 2.01. The van der Waals surface area contributed by atoms with Crippen LogP contribution in [-0.2, 0) is 6.61 Å². The molecular formula is C5H8N3O4+. The van der Waals surface area contributed by atoms with Gasteiger partial charge in [-0.25, -0.2) is 0 Å². The van der Waals surface area contributed by atoms with Crippen molar-refractivity contribution in [1.82, 2.24) is 10.5 Å². The molecule has 0 spiro atoms. The highest BCUT2D eigenvalue weighted by molar-refractivity contribution is 5.91. The highest BCUT2D eigenvalue weighted by Gasteiger charge is 2.25. The molecular weight excluding hydrogens is 166 g/mol. The molecule has 0 aromatic carbocycles. The van der Waals surface area contributed by atoms with Gasteiger partial charge >= 0.3 is 11.6 Å². The third-order valence-corrected chi connectivity index (χ3v) is 1.32. The lowest BCUT2D eigenvalue weighted by molar-refractivity contribution is -0.714. The van der Waals surface area contributed by atoms with E-state index in [1.807, 2.05) is 0 Å². The van der Waals surface area contributed by atoms with Crippen molar-refractivity contribution in [3.63, 3.8) is 0 Å². The Hall–Kier alpha value is -1.63. The lowest BCUT2D eigenvalue weighted by Crippen LogP contribution is -2.29. The molecule has 1 aromatic rings. The molecule has 0 unspecified atom stereocenters. The van der Waals surface area contributed by atoms with Gasteiger partial charge in [-0.2, -0.15) is 0 Å². The number of carbonyl (C=O) groups excluding carboxylic acids is 1. The lowest BCUT2D eigenvalue weighted by Gasteiger charge is -1.88. The van der Waals surface area contributed by atoms with Crippen molar-refractivity contribution >= 4 is 5.91 Å². The first-order chi connectivity index (χ1) is 5.70. The standard InChI is InChI=1S/C5H7N3O4/c1-6-5(10)4-3(2-9)7-12-8(4)11/h9H,2H2,1H3,(H-,6,7,10,11)/p+1. The zero-order valence-corrected chi connectivity index (χ0v) is 6.33. The molecule has 0 saturated carbocycles. The molecule has 0 atom stereocenters. The van der Waals surface area contributed by atoms with E-state index >= 15 is 0 Å². The third-order valence-electron chi connectivity index (χ3n) is 1.32. The summed E-state index contributed by atoms with van der Waals surface area (Å²) >= 11 is 0. The Morgan fingerprint density at radius 3 is 3.00 bits per heavy atom. The summed E-state index contributed by atoms with van der Waals surface area (Å²) in [5, 5.41) is 13.0. The van der Waals surface area contributed by atoms with Gasteiger partial charge in [0.1, 0.15) is 6.61 Å². The molecule has 7 nitrogen and oxygen atoms in total. The quantitative estimate of drug-likeness (QED) is 0.501. The molecule has 0 aliphatic carbocycles. The van der Waals surface area contributed by atoms with Gasteiger partial charge < -0.3 is 10.4 Å². The predicted octanol–water partition coefficient (Wildman–Crippen LogP) is -1.63. The van der Waals surface area contributed by atoms with E-state index in [0.717, 1.165) is 0 Å². The second kappa shape index (κ2) is 3.18. The highest BCUT2D eigenvalue weighted by Crippen LogP contribution is 1.97. The average Bonchev–Trinajstić information content (AvgIpc) is 2.45. The average molecular weight is 174 g/mol. The van der Waals surface area contributed by atoms with Crippen LogP contribution in [0, 0.1) is 4.91 Å². The van der Waals surface area contributed by atoms with Gasteiger partial charge in [-0.15, -0.1) is 0 Å². The Morgan fingerprint density at radius 2 is 2.50 bits per heavy atom. The van der Waals surface area contributed by atoms with Crippen molar-refractivity contribution in [2.45, 2.75) is 6.61 Å². The monoisotopic (exact) mass is 174 g/mol. The number of rotatable bonds is 2. The number of amides is 1. The third kappa shape index (κ3) is 1.21. The lowest BCUT2D eigenvalue weighted by atomic mass is 10.3. The summed E-state index contributed by atoms with van der Waals surface area (Å²) in [5.41, 5.74) is -0.218. The molecule has 7 heteroatoms. The number of hydrogen-bond donors (Lipinski definition) is 3. The van der Waals surface area contributed by atoms with Crippen molar-refractivity contribution in [2.24, 2.45) is 0 Å². The largest absolute Gasteiger partial charge is 0.388 e. The maximum absolute atomic E-state index is 11.0. The molecule has 0 saturated heterocycles. The molecule has 1 rings (SSSR count). The molecule has 1 aromatic heterocycles. The number of hydrogen-bond acceptors (Lipinski definition) is 4. The van der Waals surface area contributed by atoms with E-state index in [0.29, 0.717) is 0 Å². The van der Waals surface area contributed by atoms with Crippen LogP contribution in [0.5, 0.6) is 0 Å². The van der Waals surface area contributed by atoms with E-state index in [2.05, 4.69) is 15.1 Å². The Morgan fingerprint density at radius 1 is 1.83 bits per heavy atom. The van der Waals surface area contributed by atoms with E-state index in [-0.39, 0.29) is 16.0 Å². The van der Waals surface area contributed by atoms with E-state index in [4.69, 9.17) is 5.11 Å². The van der Waals surface area contributed by atoms with Gasteiger partial charge in [-0.3, -0.25) is 4.79 Å². The maximum atomic E-state index is 11.0. The van der Waals surface area contributed by atoms with E-state index in [9.17, 15) is 9.70 Å². The second-order valence-corrected chi connectivity index (χ2v) is 2.01. The molecule has 66 valence electrons. The first-order valence-electron chi connectivity index (χ1n) is 3.17. The van der Waals surface area contributed by atoms with Crippen LogP contribution in [0.3, 0.4) is 0 Å². The molecule has 0 aliphatic heterocycles. The van der Waals surface area contributed by atoms with E-state index in [1.54, 1.807) is 0 Å². The number of aromatic amines is 1. The van der Waals surface area contributed by atoms with Crippen LogP contribution in [-0.4, -0.2) is 23.2 Å². The fourth-order valence-corrected chi connectivity index (χ4v) is 0.746. The fraction of sp³-hybridized carbons (Fsp3) is 0.400. The van der Waals surface area contributed by atoms with Crippen LogP contribution in [0.2, 0.25) is 0 Å². The Labute approximate surface area is 66.5 Å². The first kappa shape index (κ1) is 8.47. The summed E-state index contributed by atoms with van der Waals surface area (Å²) in [6.07, 6.45) is 0.